The molecule has 7 nitrogen and oxygen atoms in total. The number of nitrogens with one attached hydrogen (secondary N) is 2. The number of piperidine rings is 1. The van der Waals surface area contributed by atoms with Crippen LogP contribution in [0.2, 0.25) is 0 Å². The molecule has 31 heavy (non-hydrogen) atoms. The quantitative estimate of drug-likeness (QED) is 0.616. The molecule has 2 heterocycles. The maximum absolute atomic E-state index is 14.2. The largest absolute Gasteiger partial charge is 0.494 e. The van der Waals surface area contributed by atoms with Crippen molar-refractivity contribution in [2.45, 2.75) is 25.9 Å². The number of aromatic nitrogens is 1. The van der Waals surface area contributed by atoms with Crippen LogP contribution in [-0.4, -0.2) is 37.4 Å². The minimum absolute atomic E-state index is 0.0828. The Morgan fingerprint density at radius 3 is 2.61 bits per heavy atom. The van der Waals surface area contributed by atoms with Crippen molar-refractivity contribution in [3.8, 4) is 22.8 Å². The highest BCUT2D eigenvalue weighted by Crippen LogP contribution is 2.38. The van der Waals surface area contributed by atoms with E-state index in [4.69, 9.17) is 14.0 Å². The number of nitrogens with zero attached hydrogens (tertiary/aromatic N) is 1. The Hall–Kier alpha value is -3.39. The Labute approximate surface area is 179 Å². The summed E-state index contributed by atoms with van der Waals surface area (Å²) < 4.78 is 30.9. The molecule has 1 amide bonds. The van der Waals surface area contributed by atoms with Crippen molar-refractivity contribution in [2.75, 3.05) is 25.5 Å². The first-order valence-electron chi connectivity index (χ1n) is 10.1. The van der Waals surface area contributed by atoms with Crippen LogP contribution in [0.4, 0.5) is 10.1 Å². The first kappa shape index (κ1) is 20.9. The summed E-state index contributed by atoms with van der Waals surface area (Å²) in [7, 11) is 1.42. The number of anilines is 1. The molecule has 162 valence electrons. The van der Waals surface area contributed by atoms with Gasteiger partial charge in [-0.3, -0.25) is 4.79 Å². The van der Waals surface area contributed by atoms with Crippen LogP contribution < -0.4 is 20.1 Å². The summed E-state index contributed by atoms with van der Waals surface area (Å²) in [5, 5.41) is 10.1. The number of halogens is 1. The zero-order valence-corrected chi connectivity index (χ0v) is 17.4. The second-order valence-corrected chi connectivity index (χ2v) is 7.33. The molecule has 2 aromatic carbocycles. The van der Waals surface area contributed by atoms with Gasteiger partial charge >= 0.3 is 0 Å². The molecule has 2 N–H and O–H groups in total. The van der Waals surface area contributed by atoms with Crippen LogP contribution in [-0.2, 0) is 0 Å². The van der Waals surface area contributed by atoms with Crippen molar-refractivity contribution in [2.24, 2.45) is 0 Å². The molecule has 8 heteroatoms. The predicted molar refractivity (Wildman–Crippen MR) is 114 cm³/mol. The van der Waals surface area contributed by atoms with Crippen LogP contribution in [0, 0.1) is 12.7 Å². The van der Waals surface area contributed by atoms with E-state index in [1.807, 2.05) is 30.3 Å². The number of rotatable bonds is 6. The van der Waals surface area contributed by atoms with Crippen molar-refractivity contribution >= 4 is 11.6 Å². The van der Waals surface area contributed by atoms with E-state index in [1.54, 1.807) is 6.92 Å². The Balaban J connectivity index is 1.68. The molecular weight excluding hydrogens is 401 g/mol. The van der Waals surface area contributed by atoms with Crippen molar-refractivity contribution in [3.63, 3.8) is 0 Å². The molecule has 1 aliphatic rings. The number of hydrogen-bond donors (Lipinski definition) is 2. The lowest BCUT2D eigenvalue weighted by Crippen LogP contribution is -2.34. The van der Waals surface area contributed by atoms with Gasteiger partial charge in [0.2, 0.25) is 0 Å². The molecule has 0 aliphatic carbocycles. The second-order valence-electron chi connectivity index (χ2n) is 7.33. The summed E-state index contributed by atoms with van der Waals surface area (Å²) >= 11 is 0. The van der Waals surface area contributed by atoms with Gasteiger partial charge in [0.1, 0.15) is 46.1 Å². The molecule has 3 aromatic rings. The first-order valence-corrected chi connectivity index (χ1v) is 10.1. The normalized spacial score (nSPS) is 14.3. The van der Waals surface area contributed by atoms with Crippen LogP contribution >= 0.6 is 0 Å². The van der Waals surface area contributed by atoms with Crippen LogP contribution in [0.3, 0.4) is 0 Å². The summed E-state index contributed by atoms with van der Waals surface area (Å²) in [6.07, 6.45) is 1.49. The van der Waals surface area contributed by atoms with Gasteiger partial charge in [-0.1, -0.05) is 35.5 Å². The molecule has 0 saturated carbocycles. The molecule has 0 bridgehead atoms. The van der Waals surface area contributed by atoms with Gasteiger partial charge in [0.15, 0.2) is 0 Å². The molecule has 1 aliphatic heterocycles. The van der Waals surface area contributed by atoms with Gasteiger partial charge in [-0.2, -0.15) is 0 Å². The Morgan fingerprint density at radius 1 is 1.19 bits per heavy atom. The van der Waals surface area contributed by atoms with Crippen molar-refractivity contribution in [1.82, 2.24) is 10.5 Å². The number of carbonyl (C=O) groups excluding carboxylic acids is 1. The summed E-state index contributed by atoms with van der Waals surface area (Å²) in [4.78, 5) is 13.3. The molecule has 0 radical (unpaired) electrons. The van der Waals surface area contributed by atoms with Gasteiger partial charge < -0.3 is 24.6 Å². The highest BCUT2D eigenvalue weighted by Gasteiger charge is 2.26. The number of ether oxygens (including phenoxy) is 2. The fourth-order valence-electron chi connectivity index (χ4n) is 3.64. The van der Waals surface area contributed by atoms with Crippen LogP contribution in [0.1, 0.15) is 29.0 Å². The third kappa shape index (κ3) is 4.54. The molecule has 0 atom stereocenters. The van der Waals surface area contributed by atoms with Gasteiger partial charge in [0, 0.05) is 17.7 Å². The lowest BCUT2D eigenvalue weighted by atomic mass is 10.1. The topological polar surface area (TPSA) is 85.6 Å². The number of methoxy groups -OCH3 is 1. The van der Waals surface area contributed by atoms with E-state index in [-0.39, 0.29) is 23.3 Å². The van der Waals surface area contributed by atoms with Crippen LogP contribution in [0.25, 0.3) is 11.3 Å². The van der Waals surface area contributed by atoms with Gasteiger partial charge in [-0.05, 0) is 32.9 Å². The Bertz CT molecular complexity index is 1060. The SMILES string of the molecule is COc1cc(F)cc(OC2CCNCC2)c1NC(=O)c1c(-c2ccccc2)noc1C. The van der Waals surface area contributed by atoms with Crippen LogP contribution in [0.15, 0.2) is 47.0 Å². The summed E-state index contributed by atoms with van der Waals surface area (Å²) in [6.45, 7) is 3.31. The Kier molecular flexibility index (Phi) is 6.18. The molecule has 1 aromatic heterocycles. The third-order valence-corrected chi connectivity index (χ3v) is 5.21. The van der Waals surface area contributed by atoms with E-state index < -0.39 is 11.7 Å². The monoisotopic (exact) mass is 425 g/mol. The van der Waals surface area contributed by atoms with E-state index in [0.717, 1.165) is 31.5 Å². The zero-order chi connectivity index (χ0) is 21.8. The molecular formula is C23H24FN3O4. The van der Waals surface area contributed by atoms with Crippen molar-refractivity contribution < 1.29 is 23.2 Å². The number of aryl methyl sites for hydroxylation is 1. The minimum atomic E-state index is -0.509. The number of hydrogen-bond acceptors (Lipinski definition) is 6. The molecule has 0 unspecified atom stereocenters. The number of benzene rings is 2. The average Bonchev–Trinajstić information content (AvgIpc) is 3.18. The number of amides is 1. The highest BCUT2D eigenvalue weighted by molar-refractivity contribution is 6.10. The van der Waals surface area contributed by atoms with E-state index in [9.17, 15) is 9.18 Å². The van der Waals surface area contributed by atoms with Crippen molar-refractivity contribution in [1.29, 1.82) is 0 Å². The third-order valence-electron chi connectivity index (χ3n) is 5.21. The first-order chi connectivity index (χ1) is 15.1. The van der Waals surface area contributed by atoms with E-state index in [0.29, 0.717) is 17.0 Å². The van der Waals surface area contributed by atoms with Gasteiger partial charge in [-0.25, -0.2) is 4.39 Å². The van der Waals surface area contributed by atoms with Crippen molar-refractivity contribution in [3.05, 3.63) is 59.6 Å². The zero-order valence-electron chi connectivity index (χ0n) is 17.4. The molecule has 1 saturated heterocycles. The number of carbonyl (C=O) groups is 1. The van der Waals surface area contributed by atoms with Gasteiger partial charge in [0.05, 0.1) is 7.11 Å². The summed E-state index contributed by atoms with van der Waals surface area (Å²) in [5.74, 6) is -0.180. The van der Waals surface area contributed by atoms with Gasteiger partial charge in [-0.15, -0.1) is 0 Å². The Morgan fingerprint density at radius 2 is 1.90 bits per heavy atom. The minimum Gasteiger partial charge on any atom is -0.494 e. The van der Waals surface area contributed by atoms with E-state index in [1.165, 1.54) is 19.2 Å². The molecule has 4 rings (SSSR count). The average molecular weight is 425 g/mol. The van der Waals surface area contributed by atoms with Gasteiger partial charge in [0.25, 0.3) is 5.91 Å². The smallest absolute Gasteiger partial charge is 0.261 e. The van der Waals surface area contributed by atoms with Crippen LogP contribution in [0.5, 0.6) is 11.5 Å². The molecule has 1 fully saturated rings. The maximum atomic E-state index is 14.2. The summed E-state index contributed by atoms with van der Waals surface area (Å²) in [5.41, 5.74) is 1.75. The fraction of sp³-hybridized carbons (Fsp3) is 0.304. The lowest BCUT2D eigenvalue weighted by molar-refractivity contribution is 0.102. The summed E-state index contributed by atoms with van der Waals surface area (Å²) in [6, 6.07) is 11.8. The van der Waals surface area contributed by atoms with E-state index >= 15 is 0 Å². The van der Waals surface area contributed by atoms with E-state index in [2.05, 4.69) is 15.8 Å². The lowest BCUT2D eigenvalue weighted by Gasteiger charge is -2.25. The highest BCUT2D eigenvalue weighted by atomic mass is 19.1. The standard InChI is InChI=1S/C23H24FN3O4/c1-14-20(21(27-31-14)15-6-4-3-5-7-15)23(28)26-22-18(29-2)12-16(24)13-19(22)30-17-8-10-25-11-9-17/h3-7,12-13,17,25H,8-11H2,1-2H3,(H,26,28). The fourth-order valence-corrected chi connectivity index (χ4v) is 3.64. The molecule has 0 spiro atoms. The second kappa shape index (κ2) is 9.18. The maximum Gasteiger partial charge on any atom is 0.261 e. The predicted octanol–water partition coefficient (Wildman–Crippen LogP) is 4.18.